The molecule has 0 unspecified atom stereocenters. The number of thiophene rings is 1. The van der Waals surface area contributed by atoms with Gasteiger partial charge in [-0.3, -0.25) is 9.69 Å². The summed E-state index contributed by atoms with van der Waals surface area (Å²) in [6.07, 6.45) is 0.660. The minimum atomic E-state index is -1.04. The highest BCUT2D eigenvalue weighted by Crippen LogP contribution is 2.37. The maximum atomic E-state index is 13.0. The fraction of sp³-hybridized carbons (Fsp3) is 0.294. The highest BCUT2D eigenvalue weighted by molar-refractivity contribution is 7.17. The second-order valence-corrected chi connectivity index (χ2v) is 6.70. The van der Waals surface area contributed by atoms with Crippen molar-refractivity contribution in [2.75, 3.05) is 18.4 Å². The molecule has 0 fully saturated rings. The molecule has 24 heavy (non-hydrogen) atoms. The van der Waals surface area contributed by atoms with Crippen molar-refractivity contribution in [2.24, 2.45) is 0 Å². The number of amides is 1. The SMILES string of the molecule is CCN1CCc2c(sc(NC(=O)c3ccc(F)cc3)c2C(=O)O)C1. The van der Waals surface area contributed by atoms with E-state index >= 15 is 0 Å². The lowest BCUT2D eigenvalue weighted by Crippen LogP contribution is -2.29. The van der Waals surface area contributed by atoms with Gasteiger partial charge < -0.3 is 10.4 Å². The van der Waals surface area contributed by atoms with Gasteiger partial charge in [0.1, 0.15) is 10.8 Å². The molecule has 0 saturated carbocycles. The minimum absolute atomic E-state index is 0.182. The number of anilines is 1. The Kier molecular flexibility index (Phi) is 4.64. The molecule has 0 radical (unpaired) electrons. The smallest absolute Gasteiger partial charge is 0.339 e. The van der Waals surface area contributed by atoms with Crippen LogP contribution in [0, 0.1) is 5.82 Å². The Hall–Kier alpha value is -2.25. The number of likely N-dealkylation sites (N-methyl/N-ethyl adjacent to an activating group) is 1. The predicted molar refractivity (Wildman–Crippen MR) is 90.3 cm³/mol. The molecule has 1 aromatic carbocycles. The number of nitrogens with zero attached hydrogens (tertiary/aromatic N) is 1. The Morgan fingerprint density at radius 1 is 1.33 bits per heavy atom. The van der Waals surface area contributed by atoms with Crippen molar-refractivity contribution in [3.8, 4) is 0 Å². The van der Waals surface area contributed by atoms with Crippen LogP contribution in [-0.2, 0) is 13.0 Å². The van der Waals surface area contributed by atoms with E-state index in [0.717, 1.165) is 23.5 Å². The van der Waals surface area contributed by atoms with Gasteiger partial charge >= 0.3 is 5.97 Å². The first-order valence-corrected chi connectivity index (χ1v) is 8.48. The topological polar surface area (TPSA) is 69.6 Å². The summed E-state index contributed by atoms with van der Waals surface area (Å²) in [5, 5.41) is 12.6. The lowest BCUT2D eigenvalue weighted by Gasteiger charge is -2.25. The third-order valence-electron chi connectivity index (χ3n) is 4.13. The Labute approximate surface area is 142 Å². The van der Waals surface area contributed by atoms with Gasteiger partial charge in [0, 0.05) is 23.5 Å². The summed E-state index contributed by atoms with van der Waals surface area (Å²) in [4.78, 5) is 27.2. The highest BCUT2D eigenvalue weighted by atomic mass is 32.1. The number of hydrogen-bond acceptors (Lipinski definition) is 4. The molecule has 126 valence electrons. The van der Waals surface area contributed by atoms with E-state index < -0.39 is 17.7 Å². The standard InChI is InChI=1S/C17H17FN2O3S/c1-2-20-8-7-12-13(9-20)24-16(14(12)17(22)23)19-15(21)10-3-5-11(18)6-4-10/h3-6H,2,7-9H2,1H3,(H,19,21)(H,22,23). The summed E-state index contributed by atoms with van der Waals surface area (Å²) in [6.45, 7) is 4.47. The van der Waals surface area contributed by atoms with Gasteiger partial charge in [-0.25, -0.2) is 9.18 Å². The Balaban J connectivity index is 1.90. The van der Waals surface area contributed by atoms with Gasteiger partial charge in [-0.2, -0.15) is 0 Å². The lowest BCUT2D eigenvalue weighted by atomic mass is 10.0. The van der Waals surface area contributed by atoms with Crippen LogP contribution >= 0.6 is 11.3 Å². The summed E-state index contributed by atoms with van der Waals surface area (Å²) < 4.78 is 13.0. The lowest BCUT2D eigenvalue weighted by molar-refractivity contribution is 0.0696. The van der Waals surface area contributed by atoms with E-state index in [1.807, 2.05) is 0 Å². The van der Waals surface area contributed by atoms with Gasteiger partial charge in [0.2, 0.25) is 0 Å². The van der Waals surface area contributed by atoms with Crippen LogP contribution in [0.5, 0.6) is 0 Å². The average molecular weight is 348 g/mol. The second-order valence-electron chi connectivity index (χ2n) is 5.59. The van der Waals surface area contributed by atoms with Crippen molar-refractivity contribution in [1.82, 2.24) is 4.90 Å². The van der Waals surface area contributed by atoms with E-state index in [4.69, 9.17) is 0 Å². The van der Waals surface area contributed by atoms with Crippen LogP contribution in [-0.4, -0.2) is 35.0 Å². The van der Waals surface area contributed by atoms with Crippen molar-refractivity contribution >= 4 is 28.2 Å². The van der Waals surface area contributed by atoms with Crippen LogP contribution in [0.25, 0.3) is 0 Å². The summed E-state index contributed by atoms with van der Waals surface area (Å²) in [5.74, 6) is -1.90. The first-order chi connectivity index (χ1) is 11.5. The van der Waals surface area contributed by atoms with Crippen molar-refractivity contribution in [3.63, 3.8) is 0 Å². The van der Waals surface area contributed by atoms with Gasteiger partial charge in [0.05, 0.1) is 5.56 Å². The normalized spacial score (nSPS) is 14.2. The molecular weight excluding hydrogens is 331 g/mol. The number of hydrogen-bond donors (Lipinski definition) is 2. The number of nitrogens with one attached hydrogen (secondary N) is 1. The van der Waals surface area contributed by atoms with E-state index in [0.29, 0.717) is 18.0 Å². The van der Waals surface area contributed by atoms with Gasteiger partial charge in [-0.05, 0) is 42.8 Å². The number of rotatable bonds is 4. The summed E-state index contributed by atoms with van der Waals surface area (Å²) in [7, 11) is 0. The zero-order valence-corrected chi connectivity index (χ0v) is 14.0. The van der Waals surface area contributed by atoms with Crippen LogP contribution in [0.3, 0.4) is 0 Å². The van der Waals surface area contributed by atoms with Crippen LogP contribution in [0.1, 0.15) is 38.1 Å². The largest absolute Gasteiger partial charge is 0.478 e. The van der Waals surface area contributed by atoms with Crippen molar-refractivity contribution in [3.05, 3.63) is 51.7 Å². The number of carboxylic acid groups (broad SMARTS) is 1. The van der Waals surface area contributed by atoms with Gasteiger partial charge in [-0.1, -0.05) is 6.92 Å². The van der Waals surface area contributed by atoms with E-state index in [1.54, 1.807) is 0 Å². The maximum Gasteiger partial charge on any atom is 0.339 e. The molecule has 0 saturated heterocycles. The first kappa shape index (κ1) is 16.6. The molecule has 0 spiro atoms. The van der Waals surface area contributed by atoms with E-state index in [9.17, 15) is 19.1 Å². The molecule has 2 N–H and O–H groups in total. The van der Waals surface area contributed by atoms with Gasteiger partial charge in [0.15, 0.2) is 0 Å². The molecule has 5 nitrogen and oxygen atoms in total. The fourth-order valence-electron chi connectivity index (χ4n) is 2.82. The summed E-state index contributed by atoms with van der Waals surface area (Å²) in [6, 6.07) is 5.14. The first-order valence-electron chi connectivity index (χ1n) is 7.66. The molecule has 0 aliphatic carbocycles. The Morgan fingerprint density at radius 3 is 2.67 bits per heavy atom. The van der Waals surface area contributed by atoms with Crippen LogP contribution < -0.4 is 5.32 Å². The Bertz CT molecular complexity index is 786. The molecule has 2 aromatic rings. The quantitative estimate of drug-likeness (QED) is 0.890. The summed E-state index contributed by atoms with van der Waals surface area (Å²) >= 11 is 1.31. The molecule has 2 heterocycles. The molecule has 1 amide bonds. The fourth-order valence-corrected chi connectivity index (χ4v) is 4.09. The number of fused-ring (bicyclic) bond motifs is 1. The molecule has 1 aromatic heterocycles. The van der Waals surface area contributed by atoms with Crippen molar-refractivity contribution in [1.29, 1.82) is 0 Å². The number of halogens is 1. The minimum Gasteiger partial charge on any atom is -0.478 e. The van der Waals surface area contributed by atoms with Crippen molar-refractivity contribution < 1.29 is 19.1 Å². The average Bonchev–Trinajstić information content (AvgIpc) is 2.92. The van der Waals surface area contributed by atoms with Gasteiger partial charge in [-0.15, -0.1) is 11.3 Å². The number of aromatic carboxylic acids is 1. The zero-order chi connectivity index (χ0) is 17.3. The molecule has 1 aliphatic rings. The highest BCUT2D eigenvalue weighted by Gasteiger charge is 2.28. The third-order valence-corrected chi connectivity index (χ3v) is 5.26. The van der Waals surface area contributed by atoms with E-state index in [1.165, 1.54) is 35.6 Å². The summed E-state index contributed by atoms with van der Waals surface area (Å²) in [5.41, 5.74) is 1.28. The van der Waals surface area contributed by atoms with Crippen LogP contribution in [0.15, 0.2) is 24.3 Å². The number of carbonyl (C=O) groups is 2. The van der Waals surface area contributed by atoms with E-state index in [-0.39, 0.29) is 11.1 Å². The van der Waals surface area contributed by atoms with Crippen molar-refractivity contribution in [2.45, 2.75) is 19.9 Å². The van der Waals surface area contributed by atoms with Crippen LogP contribution in [0.2, 0.25) is 0 Å². The number of carboxylic acids is 1. The maximum absolute atomic E-state index is 13.0. The Morgan fingerprint density at radius 2 is 2.04 bits per heavy atom. The molecular formula is C17H17FN2O3S. The zero-order valence-electron chi connectivity index (χ0n) is 13.1. The molecule has 7 heteroatoms. The molecule has 1 aliphatic heterocycles. The molecule has 0 atom stereocenters. The van der Waals surface area contributed by atoms with E-state index in [2.05, 4.69) is 17.1 Å². The third kappa shape index (κ3) is 3.18. The monoisotopic (exact) mass is 348 g/mol. The molecule has 3 rings (SSSR count). The van der Waals surface area contributed by atoms with Crippen LogP contribution in [0.4, 0.5) is 9.39 Å². The number of carbonyl (C=O) groups excluding carboxylic acids is 1. The number of benzene rings is 1. The van der Waals surface area contributed by atoms with Gasteiger partial charge in [0.25, 0.3) is 5.91 Å². The predicted octanol–water partition coefficient (Wildman–Crippen LogP) is 3.22. The molecule has 0 bridgehead atoms. The second kappa shape index (κ2) is 6.70.